The summed E-state index contributed by atoms with van der Waals surface area (Å²) >= 11 is 0. The van der Waals surface area contributed by atoms with Crippen LogP contribution in [0.2, 0.25) is 0 Å². The molecule has 0 atom stereocenters. The molecule has 24 nitrogen and oxygen atoms in total. The summed E-state index contributed by atoms with van der Waals surface area (Å²) in [6.45, 7) is 0. The molecule has 0 fully saturated rings. The average Bonchev–Trinajstić information content (AvgIpc) is 3.44. The van der Waals surface area contributed by atoms with Crippen molar-refractivity contribution >= 4 is 46.3 Å². The maximum Gasteiger partial charge on any atom is 1.00 e. The number of carbonyl (C=O) groups excluding carboxylic acids is 8. The molecule has 12 N–H and O–H groups in total. The zero-order valence-electron chi connectivity index (χ0n) is 44.6. The topological polar surface area (TPSA) is 511 Å². The quantitative estimate of drug-likeness (QED) is 0.0564. The number of carbonyl (C=O) groups is 8. The molecule has 0 saturated heterocycles. The molecule has 0 amide bonds. The second-order valence-corrected chi connectivity index (χ2v) is 14.9. The van der Waals surface area contributed by atoms with E-state index in [2.05, 4.69) is 0 Å². The Hall–Kier alpha value is -9.00. The first kappa shape index (κ1) is 99.0. The first-order valence-corrected chi connectivity index (χ1v) is 22.5. The number of hydrogen-bond acceptors (Lipinski definition) is 24. The monoisotopic (exact) mass is 1600 g/mol. The molecular weight excluding hydrogens is 1550 g/mol. The van der Waals surface area contributed by atoms with Gasteiger partial charge in [-0.2, -0.15) is 0 Å². The van der Waals surface area contributed by atoms with E-state index in [1.165, 1.54) is 243 Å². The fourth-order valence-corrected chi connectivity index (χ4v) is 4.45. The molecule has 4 aliphatic carbocycles. The van der Waals surface area contributed by atoms with E-state index in [9.17, 15) is 58.8 Å². The third-order valence-corrected chi connectivity index (χ3v) is 8.34. The van der Waals surface area contributed by atoms with Gasteiger partial charge in [0.15, 0.2) is 46.3 Å². The summed E-state index contributed by atoms with van der Waals surface area (Å²) in [5, 5.41) is 110. The smallest absolute Gasteiger partial charge is 0.872 e. The van der Waals surface area contributed by atoms with Crippen LogP contribution in [0.5, 0.6) is 69.0 Å². The summed E-state index contributed by atoms with van der Waals surface area (Å²) in [5.41, 5.74) is 0. The van der Waals surface area contributed by atoms with Crippen molar-refractivity contribution in [2.45, 2.75) is 7.43 Å². The first-order chi connectivity index (χ1) is 37.9. The maximum atomic E-state index is 10.3. The maximum absolute atomic E-state index is 10.3. The molecule has 6 aromatic rings. The van der Waals surface area contributed by atoms with Gasteiger partial charge in [0.05, 0.1) is 0 Å². The van der Waals surface area contributed by atoms with Crippen molar-refractivity contribution < 1.29 is 211 Å². The molecule has 0 saturated carbocycles. The molecule has 4 aliphatic rings. The van der Waals surface area contributed by atoms with Crippen LogP contribution in [0, 0.1) is 0 Å². The second-order valence-electron chi connectivity index (χ2n) is 14.9. The third-order valence-electron chi connectivity index (χ3n) is 8.34. The summed E-state index contributed by atoms with van der Waals surface area (Å²) in [7, 11) is 0. The molecular formula is C61H56Ag4O24-4. The Kier molecular flexibility index (Phi) is 64.6. The molecule has 0 bridgehead atoms. The van der Waals surface area contributed by atoms with Gasteiger partial charge in [-0.25, -0.2) is 0 Å². The van der Waals surface area contributed by atoms with Crippen LogP contribution in [0.15, 0.2) is 243 Å². The van der Waals surface area contributed by atoms with Crippen LogP contribution in [-0.2, 0) is 128 Å². The number of allylic oxidation sites excluding steroid dienone is 16. The van der Waals surface area contributed by atoms with E-state index in [0.29, 0.717) is 0 Å². The first-order valence-electron chi connectivity index (χ1n) is 22.5. The fourth-order valence-electron chi connectivity index (χ4n) is 4.45. The number of phenols is 8. The molecule has 492 valence electrons. The van der Waals surface area contributed by atoms with Crippen LogP contribution in [-0.4, -0.2) is 109 Å². The molecule has 89 heavy (non-hydrogen) atoms. The van der Waals surface area contributed by atoms with Crippen LogP contribution in [0.3, 0.4) is 0 Å². The van der Waals surface area contributed by atoms with E-state index in [0.717, 1.165) is 0 Å². The van der Waals surface area contributed by atoms with E-state index in [1.807, 2.05) is 0 Å². The number of hydrogen-bond donors (Lipinski definition) is 8. The summed E-state index contributed by atoms with van der Waals surface area (Å²) in [4.78, 5) is 82.3. The molecule has 28 heteroatoms. The molecule has 0 heterocycles. The average molecular weight is 1600 g/mol. The van der Waals surface area contributed by atoms with Gasteiger partial charge in [-0.3, -0.25) is 38.4 Å². The Balaban J connectivity index is -0.000000113. The van der Waals surface area contributed by atoms with Crippen LogP contribution < -0.4 is 20.4 Å². The summed E-state index contributed by atoms with van der Waals surface area (Å²) in [5.74, 6) is -0.0948. The predicted octanol–water partition coefficient (Wildman–Crippen LogP) is 4.98. The largest absolute Gasteiger partial charge is 1.00 e. The molecule has 0 radical (unpaired) electrons. The number of aromatic hydroxyl groups is 8. The van der Waals surface area contributed by atoms with Gasteiger partial charge in [0.25, 0.3) is 0 Å². The number of benzene rings is 6. The van der Waals surface area contributed by atoms with Gasteiger partial charge in [-0.05, 0) is 194 Å². The number of rotatable bonds is 0. The van der Waals surface area contributed by atoms with E-state index < -0.39 is 0 Å². The van der Waals surface area contributed by atoms with Crippen LogP contribution >= 0.6 is 0 Å². The van der Waals surface area contributed by atoms with Crippen LogP contribution in [0.1, 0.15) is 7.43 Å². The van der Waals surface area contributed by atoms with Crippen LogP contribution in [0.25, 0.3) is 0 Å². The zero-order chi connectivity index (χ0) is 59.8. The van der Waals surface area contributed by atoms with E-state index in [4.69, 9.17) is 40.9 Å². The van der Waals surface area contributed by atoms with Crippen molar-refractivity contribution in [2.75, 3.05) is 0 Å². The Bertz CT molecular complexity index is 2440. The summed E-state index contributed by atoms with van der Waals surface area (Å²) in [6.07, 6.45) is 20.0. The van der Waals surface area contributed by atoms with E-state index >= 15 is 0 Å². The number of phenolic OH excluding ortho intramolecular Hbond substituents is 8. The summed E-state index contributed by atoms with van der Waals surface area (Å²) < 4.78 is 0. The minimum atomic E-state index is -0.121. The van der Waals surface area contributed by atoms with E-state index in [-0.39, 0.29) is 234 Å². The minimum Gasteiger partial charge on any atom is -0.872 e. The Labute approximate surface area is 572 Å². The Morgan fingerprint density at radius 3 is 0.315 bits per heavy atom. The Morgan fingerprint density at radius 2 is 0.247 bits per heavy atom. The second kappa shape index (κ2) is 58.0. The minimum absolute atomic E-state index is 0. The standard InChI is InChI=1S/6C6H6O2.4C6H4O2.CH4.4Ag.4H2O/c10*7-5-1-2-6(8)4-3-5;;;;;;;;;/h6*1-4,7-8H;4*1-4H;1H4;;;;;4*1H2/q;;;;;;;;;;;4*+1;;;;/p-8. The molecule has 0 unspecified atom stereocenters. The zero-order valence-corrected chi connectivity index (χ0v) is 50.5. The van der Waals surface area contributed by atoms with Gasteiger partial charge in [-0.1, -0.05) is 56.0 Å². The van der Waals surface area contributed by atoms with Crippen molar-refractivity contribution in [3.05, 3.63) is 243 Å². The normalized spacial score (nSPS) is 11.1. The molecule has 6 aromatic carbocycles. The van der Waals surface area contributed by atoms with Crippen molar-refractivity contribution in [3.8, 4) is 69.0 Å². The van der Waals surface area contributed by atoms with Crippen molar-refractivity contribution in [1.29, 1.82) is 0 Å². The molecule has 10 rings (SSSR count). The SMILES string of the molecule is C.O=C1C=CC(=O)C=C1.O=C1C=CC(=O)C=C1.O=C1C=CC(=O)C=C1.O=C1C=CC(=O)C=C1.Oc1ccc(O)cc1.Oc1ccc(O)cc1.Oc1ccc(O)cc1.Oc1ccc(O)cc1.[Ag+].[Ag+].[Ag+].[Ag+].[O-]c1ccc([O-])cc1.[O-]c1ccc([O-])cc1.[OH-].[OH-].[OH-].[OH-]. The van der Waals surface area contributed by atoms with Gasteiger partial charge >= 0.3 is 89.5 Å². The molecule has 0 aliphatic heterocycles. The van der Waals surface area contributed by atoms with Crippen LogP contribution in [0.4, 0.5) is 0 Å². The predicted molar refractivity (Wildman–Crippen MR) is 297 cm³/mol. The van der Waals surface area contributed by atoms with Gasteiger partial charge < -0.3 is 83.2 Å². The molecule has 0 aromatic heterocycles. The van der Waals surface area contributed by atoms with Crippen molar-refractivity contribution in [3.63, 3.8) is 0 Å². The third kappa shape index (κ3) is 56.6. The van der Waals surface area contributed by atoms with Crippen molar-refractivity contribution in [2.24, 2.45) is 0 Å². The van der Waals surface area contributed by atoms with E-state index in [1.54, 1.807) is 0 Å². The molecule has 0 spiro atoms. The van der Waals surface area contributed by atoms with Gasteiger partial charge in [-0.15, -0.1) is 23.0 Å². The van der Waals surface area contributed by atoms with Gasteiger partial charge in [0, 0.05) is 0 Å². The van der Waals surface area contributed by atoms with Gasteiger partial charge in [0.2, 0.25) is 0 Å². The van der Waals surface area contributed by atoms with Crippen molar-refractivity contribution in [1.82, 2.24) is 0 Å². The van der Waals surface area contributed by atoms with Gasteiger partial charge in [0.1, 0.15) is 46.0 Å². The number of ketones is 8. The fraction of sp³-hybridized carbons (Fsp3) is 0.0164. The Morgan fingerprint density at radius 1 is 0.180 bits per heavy atom. The summed E-state index contributed by atoms with van der Waals surface area (Å²) in [6, 6.07) is 32.8.